The van der Waals surface area contributed by atoms with E-state index < -0.39 is 28.8 Å². The number of fused-ring (bicyclic) bond motifs is 1. The standard InChI is InChI=1S/C26H24ClFN2O5S/c1-13(2)21(12-31)30-11-18(26(33)34)24(32)17-8-14(22(35-3)10-20(17)30)6-15-7-16(9-19(27)23(15)28)25-29-4-5-36-25/h4-5,7-11,13,21,31H,6,12H2,1-3H3,(H,33,34)/t21-/m1/s1. The number of rotatable bonds is 8. The minimum atomic E-state index is -1.37. The maximum atomic E-state index is 15.1. The number of carbonyl (C=O) groups is 1. The van der Waals surface area contributed by atoms with Crippen LogP contribution in [0.2, 0.25) is 5.02 Å². The van der Waals surface area contributed by atoms with Crippen molar-refractivity contribution < 1.29 is 24.1 Å². The number of halogens is 2. The number of nitrogens with zero attached hydrogens (tertiary/aromatic N) is 2. The largest absolute Gasteiger partial charge is 0.496 e. The third-order valence-electron chi connectivity index (χ3n) is 6.14. The van der Waals surface area contributed by atoms with Crippen LogP contribution < -0.4 is 10.2 Å². The Morgan fingerprint density at radius 1 is 1.25 bits per heavy atom. The highest BCUT2D eigenvalue weighted by Gasteiger charge is 2.23. The molecule has 4 aromatic rings. The smallest absolute Gasteiger partial charge is 0.341 e. The highest BCUT2D eigenvalue weighted by molar-refractivity contribution is 7.13. The number of pyridine rings is 1. The van der Waals surface area contributed by atoms with Crippen LogP contribution in [0.25, 0.3) is 21.5 Å². The van der Waals surface area contributed by atoms with Crippen molar-refractivity contribution in [1.82, 2.24) is 9.55 Å². The van der Waals surface area contributed by atoms with Crippen molar-refractivity contribution in [1.29, 1.82) is 0 Å². The van der Waals surface area contributed by atoms with E-state index in [9.17, 15) is 19.8 Å². The van der Waals surface area contributed by atoms with Crippen LogP contribution in [0.5, 0.6) is 5.75 Å². The first-order chi connectivity index (χ1) is 17.2. The minimum Gasteiger partial charge on any atom is -0.496 e. The summed E-state index contributed by atoms with van der Waals surface area (Å²) in [5.41, 5.74) is 0.728. The normalized spacial score (nSPS) is 12.3. The van der Waals surface area contributed by atoms with E-state index in [2.05, 4.69) is 4.98 Å². The van der Waals surface area contributed by atoms with Crippen LogP contribution >= 0.6 is 22.9 Å². The molecule has 0 saturated carbocycles. The van der Waals surface area contributed by atoms with Crippen LogP contribution in [-0.4, -0.2) is 39.5 Å². The molecule has 2 heterocycles. The molecule has 4 rings (SSSR count). The lowest BCUT2D eigenvalue weighted by atomic mass is 9.97. The van der Waals surface area contributed by atoms with Crippen molar-refractivity contribution in [2.75, 3.05) is 13.7 Å². The molecule has 2 N–H and O–H groups in total. The van der Waals surface area contributed by atoms with Gasteiger partial charge in [-0.2, -0.15) is 0 Å². The molecule has 1 atom stereocenters. The number of carboxylic acids is 1. The number of benzene rings is 2. The highest BCUT2D eigenvalue weighted by atomic mass is 35.5. The van der Waals surface area contributed by atoms with E-state index in [-0.39, 0.29) is 34.9 Å². The third kappa shape index (κ3) is 4.74. The molecule has 7 nitrogen and oxygen atoms in total. The quantitative estimate of drug-likeness (QED) is 0.316. The van der Waals surface area contributed by atoms with E-state index in [1.54, 1.807) is 28.3 Å². The molecule has 10 heteroatoms. The van der Waals surface area contributed by atoms with Gasteiger partial charge in [-0.3, -0.25) is 4.79 Å². The van der Waals surface area contributed by atoms with Crippen LogP contribution in [0.4, 0.5) is 4.39 Å². The van der Waals surface area contributed by atoms with Gasteiger partial charge in [0.05, 0.1) is 30.3 Å². The first kappa shape index (κ1) is 25.8. The predicted molar refractivity (Wildman–Crippen MR) is 138 cm³/mol. The zero-order valence-electron chi connectivity index (χ0n) is 19.8. The van der Waals surface area contributed by atoms with Crippen molar-refractivity contribution in [3.05, 3.63) is 79.8 Å². The number of aromatic nitrogens is 2. The minimum absolute atomic E-state index is 0.0359. The average molecular weight is 531 g/mol. The maximum absolute atomic E-state index is 15.1. The molecule has 2 aromatic heterocycles. The van der Waals surface area contributed by atoms with Crippen LogP contribution in [0.1, 0.15) is 41.4 Å². The van der Waals surface area contributed by atoms with Crippen molar-refractivity contribution in [2.45, 2.75) is 26.3 Å². The molecule has 0 unspecified atom stereocenters. The van der Waals surface area contributed by atoms with Gasteiger partial charge in [-0.25, -0.2) is 14.2 Å². The summed E-state index contributed by atoms with van der Waals surface area (Å²) in [6.45, 7) is 3.52. The molecule has 0 fully saturated rings. The number of aromatic carboxylic acids is 1. The number of aliphatic hydroxyl groups is 1. The third-order valence-corrected chi connectivity index (χ3v) is 7.24. The number of hydrogen-bond acceptors (Lipinski definition) is 6. The second kappa shape index (κ2) is 10.4. The monoisotopic (exact) mass is 530 g/mol. The molecule has 188 valence electrons. The molecule has 0 saturated heterocycles. The van der Waals surface area contributed by atoms with Crippen molar-refractivity contribution in [2.24, 2.45) is 5.92 Å². The lowest BCUT2D eigenvalue weighted by molar-refractivity contribution is 0.0694. The summed E-state index contributed by atoms with van der Waals surface area (Å²) in [5, 5.41) is 22.2. The Kier molecular flexibility index (Phi) is 7.44. The van der Waals surface area contributed by atoms with Gasteiger partial charge in [0.15, 0.2) is 0 Å². The fourth-order valence-electron chi connectivity index (χ4n) is 4.27. The average Bonchev–Trinajstić information content (AvgIpc) is 3.38. The number of carboxylic acid groups (broad SMARTS) is 1. The molecule has 0 aliphatic carbocycles. The number of ether oxygens (including phenoxy) is 1. The van der Waals surface area contributed by atoms with Gasteiger partial charge in [0.1, 0.15) is 22.1 Å². The molecule has 0 bridgehead atoms. The predicted octanol–water partition coefficient (Wildman–Crippen LogP) is 5.40. The summed E-state index contributed by atoms with van der Waals surface area (Å²) in [6.07, 6.45) is 2.93. The van der Waals surface area contributed by atoms with Crippen LogP contribution in [-0.2, 0) is 6.42 Å². The molecular formula is C26H24ClFN2O5S. The van der Waals surface area contributed by atoms with Gasteiger partial charge in [0, 0.05) is 41.2 Å². The Morgan fingerprint density at radius 2 is 2.00 bits per heavy atom. The second-order valence-corrected chi connectivity index (χ2v) is 10.0. The topological polar surface area (TPSA) is 102 Å². The lowest BCUT2D eigenvalue weighted by Crippen LogP contribution is -2.25. The van der Waals surface area contributed by atoms with E-state index in [1.807, 2.05) is 13.8 Å². The molecule has 36 heavy (non-hydrogen) atoms. The Bertz CT molecular complexity index is 1500. The van der Waals surface area contributed by atoms with Gasteiger partial charge in [0.25, 0.3) is 0 Å². The van der Waals surface area contributed by atoms with Crippen LogP contribution in [0.3, 0.4) is 0 Å². The van der Waals surface area contributed by atoms with E-state index in [0.717, 1.165) is 0 Å². The molecule has 2 aromatic carbocycles. The van der Waals surface area contributed by atoms with E-state index in [4.69, 9.17) is 16.3 Å². The number of methoxy groups -OCH3 is 1. The maximum Gasteiger partial charge on any atom is 0.341 e. The van der Waals surface area contributed by atoms with Crippen molar-refractivity contribution in [3.8, 4) is 16.3 Å². The zero-order chi connectivity index (χ0) is 26.1. The van der Waals surface area contributed by atoms with Gasteiger partial charge in [-0.15, -0.1) is 11.3 Å². The fourth-order valence-corrected chi connectivity index (χ4v) is 5.13. The summed E-state index contributed by atoms with van der Waals surface area (Å²) < 4.78 is 22.2. The first-order valence-corrected chi connectivity index (χ1v) is 12.4. The fraction of sp³-hybridized carbons (Fsp3) is 0.269. The summed E-state index contributed by atoms with van der Waals surface area (Å²) in [7, 11) is 1.46. The summed E-state index contributed by atoms with van der Waals surface area (Å²) in [5.74, 6) is -1.65. The van der Waals surface area contributed by atoms with Crippen molar-refractivity contribution >= 4 is 39.8 Å². The Hall–Kier alpha value is -3.27. The van der Waals surface area contributed by atoms with E-state index in [1.165, 1.54) is 36.8 Å². The van der Waals surface area contributed by atoms with E-state index >= 15 is 4.39 Å². The number of aliphatic hydroxyl groups excluding tert-OH is 1. The summed E-state index contributed by atoms with van der Waals surface area (Å²) in [6, 6.07) is 5.82. The summed E-state index contributed by atoms with van der Waals surface area (Å²) >= 11 is 7.57. The molecule has 0 amide bonds. The molecule has 0 spiro atoms. The zero-order valence-corrected chi connectivity index (χ0v) is 21.4. The Labute approximate surface area is 215 Å². The molecule has 0 radical (unpaired) electrons. The van der Waals surface area contributed by atoms with Gasteiger partial charge >= 0.3 is 5.97 Å². The van der Waals surface area contributed by atoms with E-state index in [0.29, 0.717) is 27.4 Å². The Balaban J connectivity index is 1.94. The molecule has 0 aliphatic heterocycles. The van der Waals surface area contributed by atoms with Gasteiger partial charge in [0.2, 0.25) is 5.43 Å². The number of hydrogen-bond donors (Lipinski definition) is 2. The van der Waals surface area contributed by atoms with Gasteiger partial charge < -0.3 is 19.5 Å². The molecular weight excluding hydrogens is 507 g/mol. The number of thiazole rings is 1. The highest BCUT2D eigenvalue weighted by Crippen LogP contribution is 2.34. The van der Waals surface area contributed by atoms with Crippen LogP contribution in [0.15, 0.2) is 46.8 Å². The lowest BCUT2D eigenvalue weighted by Gasteiger charge is -2.25. The van der Waals surface area contributed by atoms with Crippen LogP contribution in [0, 0.1) is 11.7 Å². The van der Waals surface area contributed by atoms with Gasteiger partial charge in [-0.1, -0.05) is 25.4 Å². The second-order valence-electron chi connectivity index (χ2n) is 8.70. The SMILES string of the molecule is COc1cc2c(cc1Cc1cc(-c3nccs3)cc(Cl)c1F)c(=O)c(C(=O)O)cn2[C@H](CO)C(C)C. The first-order valence-electron chi connectivity index (χ1n) is 11.1. The summed E-state index contributed by atoms with van der Waals surface area (Å²) in [4.78, 5) is 29.3. The van der Waals surface area contributed by atoms with Gasteiger partial charge in [-0.05, 0) is 35.2 Å². The Morgan fingerprint density at radius 3 is 2.58 bits per heavy atom. The molecule has 0 aliphatic rings. The van der Waals surface area contributed by atoms with Crippen molar-refractivity contribution in [3.63, 3.8) is 0 Å².